The lowest BCUT2D eigenvalue weighted by molar-refractivity contribution is 0.139. The van der Waals surface area contributed by atoms with Gasteiger partial charge in [0.15, 0.2) is 0 Å². The van der Waals surface area contributed by atoms with E-state index in [-0.39, 0.29) is 12.1 Å². The summed E-state index contributed by atoms with van der Waals surface area (Å²) in [5.41, 5.74) is -0.0604. The number of hydrogen-bond acceptors (Lipinski definition) is 3. The van der Waals surface area contributed by atoms with E-state index in [4.69, 9.17) is 0 Å². The molecule has 0 aromatic carbocycles. The molecule has 1 aliphatic rings. The van der Waals surface area contributed by atoms with Crippen LogP contribution in [-0.2, 0) is 0 Å². The van der Waals surface area contributed by atoms with Crippen LogP contribution in [0.2, 0.25) is 0 Å². The summed E-state index contributed by atoms with van der Waals surface area (Å²) >= 11 is 0. The number of nitrogens with one attached hydrogen (secondary N) is 1. The molecule has 0 bridgehead atoms. The Kier molecular flexibility index (Phi) is 7.20. The van der Waals surface area contributed by atoms with Gasteiger partial charge in [-0.1, -0.05) is 26.7 Å². The van der Waals surface area contributed by atoms with Crippen molar-refractivity contribution in [1.82, 2.24) is 10.2 Å². The molecule has 3 heteroatoms. The van der Waals surface area contributed by atoms with Crippen LogP contribution in [0.15, 0.2) is 0 Å². The predicted molar refractivity (Wildman–Crippen MR) is 77.9 cm³/mol. The molecule has 1 rings (SSSR count). The molecule has 0 aliphatic heterocycles. The maximum Gasteiger partial charge on any atom is 0.0613 e. The highest BCUT2D eigenvalue weighted by Gasteiger charge is 2.26. The van der Waals surface area contributed by atoms with E-state index < -0.39 is 0 Å². The number of aliphatic hydroxyl groups is 1. The summed E-state index contributed by atoms with van der Waals surface area (Å²) in [6, 6.07) is 0.828. The van der Waals surface area contributed by atoms with Gasteiger partial charge in [-0.05, 0) is 52.2 Å². The van der Waals surface area contributed by atoms with Gasteiger partial charge in [0.2, 0.25) is 0 Å². The van der Waals surface area contributed by atoms with Crippen molar-refractivity contribution < 1.29 is 5.11 Å². The van der Waals surface area contributed by atoms with Crippen LogP contribution in [0, 0.1) is 0 Å². The highest BCUT2D eigenvalue weighted by molar-refractivity contribution is 4.85. The average Bonchev–Trinajstić information content (AvgIpc) is 2.94. The van der Waals surface area contributed by atoms with E-state index in [1.807, 2.05) is 7.05 Å². The molecule has 0 aromatic rings. The van der Waals surface area contributed by atoms with Gasteiger partial charge in [0.05, 0.1) is 6.61 Å². The fraction of sp³-hybridized carbons (Fsp3) is 1.00. The van der Waals surface area contributed by atoms with Crippen LogP contribution in [0.5, 0.6) is 0 Å². The van der Waals surface area contributed by atoms with E-state index in [0.717, 1.165) is 18.9 Å². The van der Waals surface area contributed by atoms with Crippen molar-refractivity contribution in [3.8, 4) is 0 Å². The average molecular weight is 256 g/mol. The van der Waals surface area contributed by atoms with Crippen molar-refractivity contribution in [1.29, 1.82) is 0 Å². The molecule has 18 heavy (non-hydrogen) atoms. The lowest BCUT2D eigenvalue weighted by Crippen LogP contribution is -2.46. The molecule has 0 heterocycles. The van der Waals surface area contributed by atoms with Crippen molar-refractivity contribution in [3.63, 3.8) is 0 Å². The molecule has 0 aromatic heterocycles. The molecule has 1 aliphatic carbocycles. The van der Waals surface area contributed by atoms with E-state index in [2.05, 4.69) is 24.1 Å². The van der Waals surface area contributed by atoms with E-state index in [9.17, 15) is 5.11 Å². The third kappa shape index (κ3) is 4.22. The Morgan fingerprint density at radius 3 is 2.39 bits per heavy atom. The highest BCUT2D eigenvalue weighted by Crippen LogP contribution is 2.24. The molecule has 0 spiro atoms. The van der Waals surface area contributed by atoms with Crippen molar-refractivity contribution in [3.05, 3.63) is 0 Å². The van der Waals surface area contributed by atoms with Crippen molar-refractivity contribution in [2.24, 2.45) is 0 Å². The van der Waals surface area contributed by atoms with Crippen LogP contribution in [0.3, 0.4) is 0 Å². The first-order valence-corrected chi connectivity index (χ1v) is 7.75. The Morgan fingerprint density at radius 2 is 1.94 bits per heavy atom. The second kappa shape index (κ2) is 8.13. The Labute approximate surface area is 113 Å². The van der Waals surface area contributed by atoms with E-state index in [1.54, 1.807) is 0 Å². The second-order valence-corrected chi connectivity index (χ2v) is 5.71. The van der Waals surface area contributed by atoms with E-state index >= 15 is 0 Å². The number of likely N-dealkylation sites (N-methyl/N-ethyl adjacent to an activating group) is 1. The minimum absolute atomic E-state index is 0.0604. The van der Waals surface area contributed by atoms with Crippen LogP contribution >= 0.6 is 0 Å². The van der Waals surface area contributed by atoms with Crippen LogP contribution in [0.25, 0.3) is 0 Å². The molecule has 1 fully saturated rings. The maximum atomic E-state index is 9.53. The number of hydrogen-bond donors (Lipinski definition) is 2. The van der Waals surface area contributed by atoms with Gasteiger partial charge in [0, 0.05) is 11.6 Å². The number of rotatable bonds is 9. The third-order valence-corrected chi connectivity index (χ3v) is 4.86. The van der Waals surface area contributed by atoms with Crippen molar-refractivity contribution >= 4 is 0 Å². The first-order chi connectivity index (χ1) is 8.71. The summed E-state index contributed by atoms with van der Waals surface area (Å²) in [5.74, 6) is 0. The summed E-state index contributed by atoms with van der Waals surface area (Å²) in [6.45, 7) is 7.03. The van der Waals surface area contributed by atoms with Gasteiger partial charge in [-0.25, -0.2) is 0 Å². The Bertz CT molecular complexity index is 202. The molecular weight excluding hydrogens is 224 g/mol. The molecule has 1 saturated carbocycles. The maximum absolute atomic E-state index is 9.53. The first kappa shape index (κ1) is 15.9. The van der Waals surface area contributed by atoms with Gasteiger partial charge >= 0.3 is 0 Å². The highest BCUT2D eigenvalue weighted by atomic mass is 16.3. The van der Waals surface area contributed by atoms with Crippen LogP contribution in [-0.4, -0.2) is 48.3 Å². The smallest absolute Gasteiger partial charge is 0.0613 e. The molecule has 2 N–H and O–H groups in total. The van der Waals surface area contributed by atoms with Crippen molar-refractivity contribution in [2.75, 3.05) is 26.7 Å². The molecule has 1 atom stereocenters. The topological polar surface area (TPSA) is 35.5 Å². The fourth-order valence-electron chi connectivity index (χ4n) is 3.24. The lowest BCUT2D eigenvalue weighted by atomic mass is 9.91. The zero-order valence-electron chi connectivity index (χ0n) is 12.5. The van der Waals surface area contributed by atoms with Crippen LogP contribution < -0.4 is 5.32 Å². The summed E-state index contributed by atoms with van der Waals surface area (Å²) in [7, 11) is 1.97. The van der Waals surface area contributed by atoms with Gasteiger partial charge in [-0.2, -0.15) is 0 Å². The zero-order valence-corrected chi connectivity index (χ0v) is 12.5. The molecule has 3 nitrogen and oxygen atoms in total. The first-order valence-electron chi connectivity index (χ1n) is 7.75. The minimum atomic E-state index is -0.0604. The second-order valence-electron chi connectivity index (χ2n) is 5.71. The van der Waals surface area contributed by atoms with Crippen LogP contribution in [0.4, 0.5) is 0 Å². The fourth-order valence-corrected chi connectivity index (χ4v) is 3.24. The van der Waals surface area contributed by atoms with E-state index in [1.165, 1.54) is 45.2 Å². The molecule has 0 amide bonds. The minimum Gasteiger partial charge on any atom is -0.394 e. The number of nitrogens with zero attached hydrogens (tertiary/aromatic N) is 1. The largest absolute Gasteiger partial charge is 0.394 e. The van der Waals surface area contributed by atoms with E-state index in [0.29, 0.717) is 0 Å². The lowest BCUT2D eigenvalue weighted by Gasteiger charge is -2.33. The summed E-state index contributed by atoms with van der Waals surface area (Å²) in [4.78, 5) is 2.64. The third-order valence-electron chi connectivity index (χ3n) is 4.86. The zero-order chi connectivity index (χ0) is 13.4. The molecule has 108 valence electrons. The predicted octanol–water partition coefficient (Wildman–Crippen LogP) is 2.39. The molecule has 1 unspecified atom stereocenters. The van der Waals surface area contributed by atoms with Gasteiger partial charge in [0.25, 0.3) is 0 Å². The Hall–Kier alpha value is -0.120. The summed E-state index contributed by atoms with van der Waals surface area (Å²) in [5, 5.41) is 12.8. The SMILES string of the molecule is CCN(CCCC(CC)(CO)NC)C1CCCC1. The van der Waals surface area contributed by atoms with Gasteiger partial charge in [0.1, 0.15) is 0 Å². The van der Waals surface area contributed by atoms with Crippen LogP contribution in [0.1, 0.15) is 58.8 Å². The molecular formula is C15H32N2O. The standard InChI is InChI=1S/C15H32N2O/c1-4-15(13-18,16-3)11-8-12-17(5-2)14-9-6-7-10-14/h14,16,18H,4-13H2,1-3H3. The van der Waals surface area contributed by atoms with Gasteiger partial charge in [-0.3, -0.25) is 0 Å². The monoisotopic (exact) mass is 256 g/mol. The normalized spacial score (nSPS) is 20.5. The Balaban J connectivity index is 2.33. The van der Waals surface area contributed by atoms with Gasteiger partial charge < -0.3 is 15.3 Å². The van der Waals surface area contributed by atoms with Crippen molar-refractivity contribution in [2.45, 2.75) is 70.4 Å². The molecule has 0 radical (unpaired) electrons. The quantitative estimate of drug-likeness (QED) is 0.665. The summed E-state index contributed by atoms with van der Waals surface area (Å²) < 4.78 is 0. The van der Waals surface area contributed by atoms with Gasteiger partial charge in [-0.15, -0.1) is 0 Å². The number of aliphatic hydroxyl groups excluding tert-OH is 1. The molecule has 0 saturated heterocycles. The Morgan fingerprint density at radius 1 is 1.28 bits per heavy atom. The summed E-state index contributed by atoms with van der Waals surface area (Å²) in [6.07, 6.45) is 8.84.